The summed E-state index contributed by atoms with van der Waals surface area (Å²) in [5, 5.41) is 11.1. The Hall–Kier alpha value is -3.73. The SMILES string of the molecule is Cc1ccc(/C(O)=C2\C(=O)C(=O)N(c3ccccc3C)C2c2ccccc2F)cc1C. The molecule has 1 aliphatic heterocycles. The van der Waals surface area contributed by atoms with Crippen molar-refractivity contribution in [3.05, 3.63) is 106 Å². The van der Waals surface area contributed by atoms with Crippen molar-refractivity contribution in [2.45, 2.75) is 26.8 Å². The van der Waals surface area contributed by atoms with Crippen molar-refractivity contribution >= 4 is 23.1 Å². The zero-order valence-electron chi connectivity index (χ0n) is 17.5. The van der Waals surface area contributed by atoms with Crippen LogP contribution in [-0.4, -0.2) is 16.8 Å². The van der Waals surface area contributed by atoms with Crippen molar-refractivity contribution in [1.82, 2.24) is 0 Å². The second-order valence-electron chi connectivity index (χ2n) is 7.78. The molecule has 0 radical (unpaired) electrons. The van der Waals surface area contributed by atoms with E-state index in [2.05, 4.69) is 0 Å². The summed E-state index contributed by atoms with van der Waals surface area (Å²) in [6.07, 6.45) is 0. The van der Waals surface area contributed by atoms with Gasteiger partial charge in [0.2, 0.25) is 0 Å². The molecule has 5 heteroatoms. The van der Waals surface area contributed by atoms with Gasteiger partial charge in [0, 0.05) is 16.8 Å². The summed E-state index contributed by atoms with van der Waals surface area (Å²) in [6, 6.07) is 17.3. The number of benzene rings is 3. The van der Waals surface area contributed by atoms with E-state index in [0.717, 1.165) is 16.7 Å². The molecule has 31 heavy (non-hydrogen) atoms. The molecule has 0 bridgehead atoms. The number of Topliss-reactive ketones (excluding diaryl/α,β-unsaturated/α-hetero) is 1. The van der Waals surface area contributed by atoms with Gasteiger partial charge in [0.1, 0.15) is 11.6 Å². The third kappa shape index (κ3) is 3.42. The number of para-hydroxylation sites is 1. The van der Waals surface area contributed by atoms with Gasteiger partial charge in [-0.05, 0) is 55.7 Å². The van der Waals surface area contributed by atoms with Crippen molar-refractivity contribution in [1.29, 1.82) is 0 Å². The zero-order valence-corrected chi connectivity index (χ0v) is 17.5. The maximum Gasteiger partial charge on any atom is 0.300 e. The van der Waals surface area contributed by atoms with E-state index in [-0.39, 0.29) is 16.9 Å². The Balaban J connectivity index is 2.00. The van der Waals surface area contributed by atoms with Crippen molar-refractivity contribution in [3.63, 3.8) is 0 Å². The average molecular weight is 415 g/mol. The maximum atomic E-state index is 14.9. The molecule has 0 aromatic heterocycles. The smallest absolute Gasteiger partial charge is 0.300 e. The summed E-state index contributed by atoms with van der Waals surface area (Å²) in [7, 11) is 0. The molecule has 1 fully saturated rings. The number of aryl methyl sites for hydroxylation is 3. The number of carbonyl (C=O) groups excluding carboxylic acids is 2. The lowest BCUT2D eigenvalue weighted by Crippen LogP contribution is -2.30. The number of amides is 1. The number of carbonyl (C=O) groups is 2. The zero-order chi connectivity index (χ0) is 22.3. The largest absolute Gasteiger partial charge is 0.507 e. The molecule has 1 unspecified atom stereocenters. The van der Waals surface area contributed by atoms with Gasteiger partial charge in [-0.25, -0.2) is 4.39 Å². The Labute approximate surface area is 180 Å². The molecule has 1 amide bonds. The molecule has 1 N–H and O–H groups in total. The van der Waals surface area contributed by atoms with Crippen LogP contribution < -0.4 is 4.90 Å². The van der Waals surface area contributed by atoms with Crippen LogP contribution in [0.2, 0.25) is 0 Å². The molecule has 0 spiro atoms. The van der Waals surface area contributed by atoms with Gasteiger partial charge >= 0.3 is 0 Å². The normalized spacial score (nSPS) is 17.9. The minimum Gasteiger partial charge on any atom is -0.507 e. The summed E-state index contributed by atoms with van der Waals surface area (Å²) in [5.74, 6) is -2.51. The predicted molar refractivity (Wildman–Crippen MR) is 118 cm³/mol. The topological polar surface area (TPSA) is 57.6 Å². The highest BCUT2D eigenvalue weighted by Crippen LogP contribution is 2.43. The van der Waals surface area contributed by atoms with Gasteiger partial charge in [-0.1, -0.05) is 48.5 Å². The predicted octanol–water partition coefficient (Wildman–Crippen LogP) is 5.38. The van der Waals surface area contributed by atoms with Crippen LogP contribution in [0.4, 0.5) is 10.1 Å². The number of anilines is 1. The van der Waals surface area contributed by atoms with Crippen molar-refractivity contribution in [3.8, 4) is 0 Å². The van der Waals surface area contributed by atoms with Gasteiger partial charge in [-0.2, -0.15) is 0 Å². The summed E-state index contributed by atoms with van der Waals surface area (Å²) < 4.78 is 14.9. The Kier molecular flexibility index (Phi) is 5.19. The molecular formula is C26H22FNO3. The molecule has 3 aromatic rings. The van der Waals surface area contributed by atoms with Crippen LogP contribution in [0, 0.1) is 26.6 Å². The molecule has 1 aliphatic rings. The van der Waals surface area contributed by atoms with Crippen LogP contribution in [0.15, 0.2) is 72.3 Å². The minimum atomic E-state index is -1.08. The van der Waals surface area contributed by atoms with E-state index >= 15 is 0 Å². The van der Waals surface area contributed by atoms with Crippen LogP contribution in [0.3, 0.4) is 0 Å². The van der Waals surface area contributed by atoms with Crippen LogP contribution in [-0.2, 0) is 9.59 Å². The summed E-state index contributed by atoms with van der Waals surface area (Å²) in [5.41, 5.74) is 3.65. The first-order chi connectivity index (χ1) is 14.8. The average Bonchev–Trinajstić information content (AvgIpc) is 3.01. The lowest BCUT2D eigenvalue weighted by molar-refractivity contribution is -0.132. The van der Waals surface area contributed by atoms with Crippen molar-refractivity contribution in [2.75, 3.05) is 4.90 Å². The van der Waals surface area contributed by atoms with E-state index in [1.165, 1.54) is 17.0 Å². The monoisotopic (exact) mass is 415 g/mol. The minimum absolute atomic E-state index is 0.124. The first kappa shape index (κ1) is 20.5. The molecule has 4 nitrogen and oxygen atoms in total. The highest BCUT2D eigenvalue weighted by molar-refractivity contribution is 6.51. The number of aliphatic hydroxyl groups excluding tert-OH is 1. The quantitative estimate of drug-likeness (QED) is 0.355. The molecule has 4 rings (SSSR count). The van der Waals surface area contributed by atoms with Gasteiger partial charge in [-0.15, -0.1) is 0 Å². The van der Waals surface area contributed by atoms with E-state index < -0.39 is 23.5 Å². The van der Waals surface area contributed by atoms with Crippen molar-refractivity contribution < 1.29 is 19.1 Å². The first-order valence-corrected chi connectivity index (χ1v) is 10.00. The number of hydrogen-bond donors (Lipinski definition) is 1. The number of nitrogens with zero attached hydrogens (tertiary/aromatic N) is 1. The molecule has 1 heterocycles. The van der Waals surface area contributed by atoms with Crippen LogP contribution >= 0.6 is 0 Å². The Morgan fingerprint density at radius 1 is 0.871 bits per heavy atom. The van der Waals surface area contributed by atoms with Gasteiger partial charge < -0.3 is 5.11 Å². The molecule has 156 valence electrons. The van der Waals surface area contributed by atoms with Gasteiger partial charge in [0.05, 0.1) is 11.6 Å². The van der Waals surface area contributed by atoms with Crippen LogP contribution in [0.5, 0.6) is 0 Å². The number of hydrogen-bond acceptors (Lipinski definition) is 3. The Morgan fingerprint density at radius 3 is 2.23 bits per heavy atom. The molecule has 0 saturated carbocycles. The Bertz CT molecular complexity index is 1240. The van der Waals surface area contributed by atoms with Crippen molar-refractivity contribution in [2.24, 2.45) is 0 Å². The first-order valence-electron chi connectivity index (χ1n) is 10.00. The fourth-order valence-electron chi connectivity index (χ4n) is 3.95. The van der Waals surface area contributed by atoms with Crippen LogP contribution in [0.25, 0.3) is 5.76 Å². The molecule has 0 aliphatic carbocycles. The highest BCUT2D eigenvalue weighted by atomic mass is 19.1. The van der Waals surface area contributed by atoms with E-state index in [1.807, 2.05) is 39.0 Å². The third-order valence-corrected chi connectivity index (χ3v) is 5.80. The number of halogens is 1. The highest BCUT2D eigenvalue weighted by Gasteiger charge is 2.48. The second kappa shape index (κ2) is 7.84. The molecule has 1 atom stereocenters. The number of rotatable bonds is 3. The number of ketones is 1. The summed E-state index contributed by atoms with van der Waals surface area (Å²) >= 11 is 0. The van der Waals surface area contributed by atoms with E-state index in [4.69, 9.17) is 0 Å². The standard InChI is InChI=1S/C26H22FNO3/c1-15-12-13-18(14-17(15)3)24(29)22-23(19-9-5-6-10-20(19)27)28(26(31)25(22)30)21-11-7-4-8-16(21)2/h4-14,23,29H,1-3H3/b24-22+. The molecule has 3 aromatic carbocycles. The lowest BCUT2D eigenvalue weighted by atomic mass is 9.93. The summed E-state index contributed by atoms with van der Waals surface area (Å²) in [4.78, 5) is 27.5. The van der Waals surface area contributed by atoms with E-state index in [1.54, 1.807) is 36.4 Å². The lowest BCUT2D eigenvalue weighted by Gasteiger charge is -2.27. The molecular weight excluding hydrogens is 393 g/mol. The maximum absolute atomic E-state index is 14.9. The summed E-state index contributed by atoms with van der Waals surface area (Å²) in [6.45, 7) is 5.65. The van der Waals surface area contributed by atoms with E-state index in [0.29, 0.717) is 11.3 Å². The molecule has 1 saturated heterocycles. The fourth-order valence-corrected chi connectivity index (χ4v) is 3.95. The van der Waals surface area contributed by atoms with Gasteiger partial charge in [0.15, 0.2) is 0 Å². The van der Waals surface area contributed by atoms with Crippen LogP contribution in [0.1, 0.15) is 33.9 Å². The Morgan fingerprint density at radius 2 is 1.55 bits per heavy atom. The van der Waals surface area contributed by atoms with Gasteiger partial charge in [-0.3, -0.25) is 14.5 Å². The third-order valence-electron chi connectivity index (χ3n) is 5.80. The fraction of sp³-hybridized carbons (Fsp3) is 0.154. The van der Waals surface area contributed by atoms with Gasteiger partial charge in [0.25, 0.3) is 11.7 Å². The second-order valence-corrected chi connectivity index (χ2v) is 7.78. The number of aliphatic hydroxyl groups is 1. The van der Waals surface area contributed by atoms with E-state index in [9.17, 15) is 19.1 Å².